The van der Waals surface area contributed by atoms with Crippen molar-refractivity contribution in [2.24, 2.45) is 0 Å². The van der Waals surface area contributed by atoms with Crippen LogP contribution in [0.25, 0.3) is 0 Å². The molecule has 0 aromatic rings. The van der Waals surface area contributed by atoms with Crippen molar-refractivity contribution in [3.8, 4) is 0 Å². The smallest absolute Gasteiger partial charge is 0.0579 e. The lowest BCUT2D eigenvalue weighted by Crippen LogP contribution is -2.06. The van der Waals surface area contributed by atoms with Crippen molar-refractivity contribution in [2.45, 2.75) is 51.7 Å². The van der Waals surface area contributed by atoms with Crippen LogP contribution in [0.4, 0.5) is 0 Å². The summed E-state index contributed by atoms with van der Waals surface area (Å²) in [6, 6.07) is 0. The fourth-order valence-electron chi connectivity index (χ4n) is 1.42. The predicted molar refractivity (Wildman–Crippen MR) is 38.5 cm³/mol. The second-order valence-corrected chi connectivity index (χ2v) is 2.93. The average molecular weight is 128 g/mol. The Hall–Kier alpha value is -0.0400. The molecule has 0 bridgehead atoms. The highest BCUT2D eigenvalue weighted by atomic mass is 16.5. The Bertz CT molecular complexity index is 78.6. The fraction of sp³-hybridized carbons (Fsp3) is 1.00. The van der Waals surface area contributed by atoms with E-state index in [-0.39, 0.29) is 0 Å². The molecular formula is C8H16O. The van der Waals surface area contributed by atoms with E-state index in [0.717, 1.165) is 0 Å². The molecule has 1 heterocycles. The first-order chi connectivity index (χ1) is 4.33. The molecule has 9 heavy (non-hydrogen) atoms. The molecule has 2 atom stereocenters. The molecule has 0 N–H and O–H groups in total. The van der Waals surface area contributed by atoms with Gasteiger partial charge in [-0.15, -0.1) is 0 Å². The quantitative estimate of drug-likeness (QED) is 0.554. The second kappa shape index (κ2) is 3.21. The van der Waals surface area contributed by atoms with Gasteiger partial charge in [-0.05, 0) is 26.2 Å². The summed E-state index contributed by atoms with van der Waals surface area (Å²) in [5.74, 6) is 0. The van der Waals surface area contributed by atoms with Crippen molar-refractivity contribution in [1.29, 1.82) is 0 Å². The molecule has 1 fully saturated rings. The number of hydrogen-bond donors (Lipinski definition) is 0. The highest BCUT2D eigenvalue weighted by Gasteiger charge is 2.19. The lowest BCUT2D eigenvalue weighted by molar-refractivity contribution is 0.0506. The first kappa shape index (κ1) is 7.07. The van der Waals surface area contributed by atoms with Gasteiger partial charge in [0.1, 0.15) is 0 Å². The third kappa shape index (κ3) is 1.98. The normalized spacial score (nSPS) is 35.3. The van der Waals surface area contributed by atoms with Crippen LogP contribution >= 0.6 is 0 Å². The van der Waals surface area contributed by atoms with Crippen LogP contribution in [-0.2, 0) is 4.74 Å². The molecule has 54 valence electrons. The monoisotopic (exact) mass is 128 g/mol. The Labute approximate surface area is 57.4 Å². The summed E-state index contributed by atoms with van der Waals surface area (Å²) >= 11 is 0. The minimum atomic E-state index is 0.529. The van der Waals surface area contributed by atoms with Crippen LogP contribution in [0.2, 0.25) is 0 Å². The van der Waals surface area contributed by atoms with Gasteiger partial charge in [-0.25, -0.2) is 0 Å². The van der Waals surface area contributed by atoms with Crippen LogP contribution in [0.1, 0.15) is 39.5 Å². The van der Waals surface area contributed by atoms with Crippen LogP contribution in [0.3, 0.4) is 0 Å². The van der Waals surface area contributed by atoms with E-state index < -0.39 is 0 Å². The maximum absolute atomic E-state index is 5.60. The highest BCUT2D eigenvalue weighted by Crippen LogP contribution is 2.21. The van der Waals surface area contributed by atoms with E-state index in [0.29, 0.717) is 12.2 Å². The molecule has 1 nitrogen and oxygen atoms in total. The van der Waals surface area contributed by atoms with Gasteiger partial charge in [-0.1, -0.05) is 13.3 Å². The van der Waals surface area contributed by atoms with E-state index in [9.17, 15) is 0 Å². The molecule has 0 aromatic carbocycles. The third-order valence-corrected chi connectivity index (χ3v) is 1.93. The van der Waals surface area contributed by atoms with Crippen molar-refractivity contribution in [3.63, 3.8) is 0 Å². The van der Waals surface area contributed by atoms with Gasteiger partial charge in [0, 0.05) is 0 Å². The number of ether oxygens (including phenoxy) is 1. The van der Waals surface area contributed by atoms with Crippen molar-refractivity contribution in [3.05, 3.63) is 0 Å². The molecule has 0 aromatic heterocycles. The van der Waals surface area contributed by atoms with E-state index in [4.69, 9.17) is 4.74 Å². The molecule has 1 aliphatic heterocycles. The number of hydrogen-bond acceptors (Lipinski definition) is 1. The molecule has 0 unspecified atom stereocenters. The number of rotatable bonds is 2. The summed E-state index contributed by atoms with van der Waals surface area (Å²) in [7, 11) is 0. The molecule has 1 heteroatoms. The zero-order valence-electron chi connectivity index (χ0n) is 6.39. The Kier molecular flexibility index (Phi) is 2.52. The van der Waals surface area contributed by atoms with Crippen molar-refractivity contribution in [1.82, 2.24) is 0 Å². The Balaban J connectivity index is 2.14. The van der Waals surface area contributed by atoms with Crippen LogP contribution in [0.15, 0.2) is 0 Å². The van der Waals surface area contributed by atoms with Crippen LogP contribution in [0, 0.1) is 0 Å². The standard InChI is InChI=1S/C8H16O/c1-3-4-8-6-5-7(2)9-8/h7-8H,3-6H2,1-2H3/t7-,8-/m0/s1. The maximum Gasteiger partial charge on any atom is 0.0579 e. The molecule has 0 aliphatic carbocycles. The van der Waals surface area contributed by atoms with Crippen LogP contribution < -0.4 is 0 Å². The first-order valence-corrected chi connectivity index (χ1v) is 3.98. The Morgan fingerprint density at radius 2 is 2.22 bits per heavy atom. The molecule has 0 radical (unpaired) electrons. The maximum atomic E-state index is 5.60. The molecule has 0 spiro atoms. The van der Waals surface area contributed by atoms with Crippen molar-refractivity contribution < 1.29 is 4.74 Å². The van der Waals surface area contributed by atoms with Gasteiger partial charge in [0.25, 0.3) is 0 Å². The molecule has 0 amide bonds. The fourth-order valence-corrected chi connectivity index (χ4v) is 1.42. The van der Waals surface area contributed by atoms with Gasteiger partial charge in [0.05, 0.1) is 12.2 Å². The van der Waals surface area contributed by atoms with Gasteiger partial charge < -0.3 is 4.74 Å². The summed E-state index contributed by atoms with van der Waals surface area (Å²) in [5, 5.41) is 0. The third-order valence-electron chi connectivity index (χ3n) is 1.93. The molecule has 1 rings (SSSR count). The zero-order chi connectivity index (χ0) is 6.69. The minimum Gasteiger partial charge on any atom is -0.375 e. The summed E-state index contributed by atoms with van der Waals surface area (Å²) in [4.78, 5) is 0. The Morgan fingerprint density at radius 3 is 2.67 bits per heavy atom. The summed E-state index contributed by atoms with van der Waals surface area (Å²) in [5.41, 5.74) is 0. The lowest BCUT2D eigenvalue weighted by Gasteiger charge is -2.07. The molecule has 1 aliphatic rings. The zero-order valence-corrected chi connectivity index (χ0v) is 6.39. The van der Waals surface area contributed by atoms with Crippen LogP contribution in [0.5, 0.6) is 0 Å². The van der Waals surface area contributed by atoms with Gasteiger partial charge in [0.2, 0.25) is 0 Å². The van der Waals surface area contributed by atoms with E-state index in [2.05, 4.69) is 13.8 Å². The van der Waals surface area contributed by atoms with Gasteiger partial charge in [-0.3, -0.25) is 0 Å². The van der Waals surface area contributed by atoms with E-state index in [1.54, 1.807) is 0 Å². The molecule has 1 saturated heterocycles. The van der Waals surface area contributed by atoms with Crippen molar-refractivity contribution >= 4 is 0 Å². The lowest BCUT2D eigenvalue weighted by atomic mass is 10.1. The minimum absolute atomic E-state index is 0.529. The second-order valence-electron chi connectivity index (χ2n) is 2.93. The highest BCUT2D eigenvalue weighted by molar-refractivity contribution is 4.69. The van der Waals surface area contributed by atoms with E-state index >= 15 is 0 Å². The Morgan fingerprint density at radius 1 is 1.44 bits per heavy atom. The van der Waals surface area contributed by atoms with Gasteiger partial charge in [0.15, 0.2) is 0 Å². The summed E-state index contributed by atoms with van der Waals surface area (Å²) in [6.07, 6.45) is 6.19. The van der Waals surface area contributed by atoms with Gasteiger partial charge >= 0.3 is 0 Å². The summed E-state index contributed by atoms with van der Waals surface area (Å²) in [6.45, 7) is 4.38. The summed E-state index contributed by atoms with van der Waals surface area (Å²) < 4.78 is 5.60. The first-order valence-electron chi connectivity index (χ1n) is 3.98. The van der Waals surface area contributed by atoms with Crippen molar-refractivity contribution in [2.75, 3.05) is 0 Å². The molecular weight excluding hydrogens is 112 g/mol. The van der Waals surface area contributed by atoms with E-state index in [1.165, 1.54) is 25.7 Å². The van der Waals surface area contributed by atoms with Crippen LogP contribution in [-0.4, -0.2) is 12.2 Å². The average Bonchev–Trinajstić information content (AvgIpc) is 2.17. The predicted octanol–water partition coefficient (Wildman–Crippen LogP) is 2.35. The largest absolute Gasteiger partial charge is 0.375 e. The molecule has 0 saturated carbocycles. The topological polar surface area (TPSA) is 9.23 Å². The van der Waals surface area contributed by atoms with Gasteiger partial charge in [-0.2, -0.15) is 0 Å². The SMILES string of the molecule is CCC[C@H]1CC[C@H](C)O1. The van der Waals surface area contributed by atoms with E-state index in [1.807, 2.05) is 0 Å².